The van der Waals surface area contributed by atoms with E-state index in [1.165, 1.54) is 30.0 Å². The Labute approximate surface area is 290 Å². The third kappa shape index (κ3) is 8.92. The number of benzene rings is 5. The van der Waals surface area contributed by atoms with Crippen LogP contribution in [0.5, 0.6) is 0 Å². The highest BCUT2D eigenvalue weighted by atomic mass is 35.5. The van der Waals surface area contributed by atoms with Crippen LogP contribution in [0.25, 0.3) is 6.08 Å². The molecule has 0 aliphatic carbocycles. The quantitative estimate of drug-likeness (QED) is 0.0811. The molecule has 11 heteroatoms. The molecule has 240 valence electrons. The van der Waals surface area contributed by atoms with Gasteiger partial charge in [-0.05, 0) is 71.8 Å². The standard InChI is InChI=1S/C37H27Cl2N3O5S/c38-30-19-8-14-25(32(30)39)21-31(42-34(43)24-12-5-2-6-13-24)35(44)40-28-17-9-18-29(22-28)48-33(23-10-3-1-4-11-23)36(45)41-27-16-7-15-26(20-27)37(46)47/h1-22,33H,(H,40,44)(H,41,45)(H,42,43)(H,46,47)/b31-21+. The van der Waals surface area contributed by atoms with E-state index in [1.807, 2.05) is 30.3 Å². The molecular weight excluding hydrogens is 669 g/mol. The molecule has 5 aromatic rings. The molecule has 0 fully saturated rings. The fourth-order valence-corrected chi connectivity index (χ4v) is 6.00. The van der Waals surface area contributed by atoms with Crippen LogP contribution in [0, 0.1) is 0 Å². The molecule has 5 rings (SSSR count). The second-order valence-corrected chi connectivity index (χ2v) is 12.3. The number of carboxylic acids is 1. The van der Waals surface area contributed by atoms with Crippen LogP contribution in [-0.2, 0) is 9.59 Å². The molecular formula is C37H27Cl2N3O5S. The lowest BCUT2D eigenvalue weighted by molar-refractivity contribution is -0.116. The number of aromatic carboxylic acids is 1. The molecule has 0 spiro atoms. The average Bonchev–Trinajstić information content (AvgIpc) is 3.09. The summed E-state index contributed by atoms with van der Waals surface area (Å²) in [6.07, 6.45) is 1.44. The lowest BCUT2D eigenvalue weighted by Gasteiger charge is -2.18. The minimum absolute atomic E-state index is 0.0474. The fraction of sp³-hybridized carbons (Fsp3) is 0.0270. The minimum Gasteiger partial charge on any atom is -0.478 e. The van der Waals surface area contributed by atoms with Crippen molar-refractivity contribution >= 4 is 76.1 Å². The number of carbonyl (C=O) groups is 4. The number of halogens is 2. The number of hydrogen-bond acceptors (Lipinski definition) is 5. The number of anilines is 2. The van der Waals surface area contributed by atoms with Gasteiger partial charge in [-0.15, -0.1) is 11.8 Å². The van der Waals surface area contributed by atoms with E-state index < -0.39 is 23.0 Å². The van der Waals surface area contributed by atoms with Crippen molar-refractivity contribution in [3.8, 4) is 0 Å². The number of carboxylic acid groups (broad SMARTS) is 1. The topological polar surface area (TPSA) is 125 Å². The first-order chi connectivity index (χ1) is 23.2. The zero-order valence-electron chi connectivity index (χ0n) is 25.0. The Bertz CT molecular complexity index is 2010. The van der Waals surface area contributed by atoms with E-state index in [0.717, 1.165) is 5.56 Å². The second kappa shape index (κ2) is 16.0. The van der Waals surface area contributed by atoms with Crippen molar-refractivity contribution in [2.45, 2.75) is 10.1 Å². The summed E-state index contributed by atoms with van der Waals surface area (Å²) >= 11 is 13.8. The summed E-state index contributed by atoms with van der Waals surface area (Å²) in [6.45, 7) is 0. The van der Waals surface area contributed by atoms with Gasteiger partial charge in [-0.25, -0.2) is 4.79 Å². The van der Waals surface area contributed by atoms with E-state index in [0.29, 0.717) is 27.4 Å². The molecule has 1 unspecified atom stereocenters. The molecule has 0 aliphatic rings. The number of hydrogen-bond donors (Lipinski definition) is 4. The van der Waals surface area contributed by atoms with Gasteiger partial charge in [0, 0.05) is 21.8 Å². The zero-order valence-corrected chi connectivity index (χ0v) is 27.4. The van der Waals surface area contributed by atoms with Crippen LogP contribution in [0.3, 0.4) is 0 Å². The van der Waals surface area contributed by atoms with Gasteiger partial charge in [0.05, 0.1) is 15.6 Å². The summed E-state index contributed by atoms with van der Waals surface area (Å²) in [5.41, 5.74) is 2.23. The van der Waals surface area contributed by atoms with Gasteiger partial charge >= 0.3 is 5.97 Å². The summed E-state index contributed by atoms with van der Waals surface area (Å²) < 4.78 is 0. The zero-order chi connectivity index (χ0) is 34.0. The van der Waals surface area contributed by atoms with Crippen molar-refractivity contribution in [1.82, 2.24) is 5.32 Å². The van der Waals surface area contributed by atoms with Gasteiger partial charge in [-0.3, -0.25) is 14.4 Å². The van der Waals surface area contributed by atoms with E-state index in [2.05, 4.69) is 16.0 Å². The SMILES string of the molecule is O=C(Nc1cccc(SC(C(=O)Nc2cccc(C(=O)O)c2)c2ccccc2)c1)/C(=C\c1cccc(Cl)c1Cl)NC(=O)c1ccccc1. The van der Waals surface area contributed by atoms with Gasteiger partial charge in [-0.2, -0.15) is 0 Å². The average molecular weight is 697 g/mol. The predicted octanol–water partition coefficient (Wildman–Crippen LogP) is 8.57. The highest BCUT2D eigenvalue weighted by Gasteiger charge is 2.23. The number of rotatable bonds is 11. The molecule has 3 amide bonds. The Morgan fingerprint density at radius 2 is 1.31 bits per heavy atom. The Hall–Kier alpha value is -5.35. The molecule has 4 N–H and O–H groups in total. The van der Waals surface area contributed by atoms with Crippen LogP contribution >= 0.6 is 35.0 Å². The number of nitrogens with one attached hydrogen (secondary N) is 3. The van der Waals surface area contributed by atoms with Gasteiger partial charge < -0.3 is 21.1 Å². The fourth-order valence-electron chi connectivity index (χ4n) is 4.55. The molecule has 0 bridgehead atoms. The van der Waals surface area contributed by atoms with E-state index in [-0.39, 0.29) is 27.2 Å². The van der Waals surface area contributed by atoms with Crippen LogP contribution in [0.2, 0.25) is 10.0 Å². The summed E-state index contributed by atoms with van der Waals surface area (Å²) in [4.78, 5) is 52.4. The van der Waals surface area contributed by atoms with Gasteiger partial charge in [-0.1, -0.05) is 96.0 Å². The second-order valence-electron chi connectivity index (χ2n) is 10.3. The lowest BCUT2D eigenvalue weighted by atomic mass is 10.1. The first kappa shape index (κ1) is 34.0. The van der Waals surface area contributed by atoms with Gasteiger partial charge in [0.25, 0.3) is 11.8 Å². The van der Waals surface area contributed by atoms with Crippen molar-refractivity contribution in [2.75, 3.05) is 10.6 Å². The van der Waals surface area contributed by atoms with Gasteiger partial charge in [0.2, 0.25) is 5.91 Å². The highest BCUT2D eigenvalue weighted by Crippen LogP contribution is 2.37. The minimum atomic E-state index is -1.10. The summed E-state index contributed by atoms with van der Waals surface area (Å²) in [5, 5.41) is 17.5. The van der Waals surface area contributed by atoms with E-state index >= 15 is 0 Å². The third-order valence-corrected chi connectivity index (χ3v) is 8.96. The van der Waals surface area contributed by atoms with Crippen molar-refractivity contribution < 1.29 is 24.3 Å². The molecule has 0 saturated carbocycles. The molecule has 0 heterocycles. The summed E-state index contributed by atoms with van der Waals surface area (Å²) in [5.74, 6) is -2.58. The molecule has 8 nitrogen and oxygen atoms in total. The third-order valence-electron chi connectivity index (χ3n) is 6.87. The number of thioether (sulfide) groups is 1. The Morgan fingerprint density at radius 3 is 2.02 bits per heavy atom. The first-order valence-electron chi connectivity index (χ1n) is 14.5. The van der Waals surface area contributed by atoms with Gasteiger partial charge in [0.15, 0.2) is 0 Å². The summed E-state index contributed by atoms with van der Waals surface area (Å²) in [7, 11) is 0. The van der Waals surface area contributed by atoms with Gasteiger partial charge in [0.1, 0.15) is 10.9 Å². The monoisotopic (exact) mass is 695 g/mol. The van der Waals surface area contributed by atoms with Crippen molar-refractivity contribution in [2.24, 2.45) is 0 Å². The van der Waals surface area contributed by atoms with Crippen LogP contribution in [0.4, 0.5) is 11.4 Å². The smallest absolute Gasteiger partial charge is 0.335 e. The summed E-state index contributed by atoms with van der Waals surface area (Å²) in [6, 6.07) is 35.5. The normalized spacial score (nSPS) is 11.7. The highest BCUT2D eigenvalue weighted by molar-refractivity contribution is 8.00. The molecule has 0 aliphatic heterocycles. The van der Waals surface area contributed by atoms with E-state index in [9.17, 15) is 24.3 Å². The van der Waals surface area contributed by atoms with Crippen LogP contribution < -0.4 is 16.0 Å². The molecule has 48 heavy (non-hydrogen) atoms. The molecule has 0 aromatic heterocycles. The molecule has 0 radical (unpaired) electrons. The maximum atomic E-state index is 13.6. The number of amides is 3. The maximum absolute atomic E-state index is 13.6. The Kier molecular flexibility index (Phi) is 11.3. The molecule has 5 aromatic carbocycles. The van der Waals surface area contributed by atoms with Crippen molar-refractivity contribution in [1.29, 1.82) is 0 Å². The van der Waals surface area contributed by atoms with Crippen LogP contribution in [0.1, 0.15) is 37.1 Å². The molecule has 1 atom stereocenters. The first-order valence-corrected chi connectivity index (χ1v) is 16.1. The van der Waals surface area contributed by atoms with E-state index in [4.69, 9.17) is 23.2 Å². The van der Waals surface area contributed by atoms with E-state index in [1.54, 1.807) is 84.9 Å². The van der Waals surface area contributed by atoms with Crippen LogP contribution in [0.15, 0.2) is 138 Å². The Balaban J connectivity index is 1.39. The van der Waals surface area contributed by atoms with Crippen molar-refractivity contribution in [3.05, 3.63) is 165 Å². The van der Waals surface area contributed by atoms with Crippen LogP contribution in [-0.4, -0.2) is 28.8 Å². The lowest BCUT2D eigenvalue weighted by Crippen LogP contribution is -2.30. The molecule has 0 saturated heterocycles. The number of carbonyl (C=O) groups excluding carboxylic acids is 3. The van der Waals surface area contributed by atoms with Crippen molar-refractivity contribution in [3.63, 3.8) is 0 Å². The predicted molar refractivity (Wildman–Crippen MR) is 190 cm³/mol. The largest absolute Gasteiger partial charge is 0.478 e. The maximum Gasteiger partial charge on any atom is 0.335 e. The Morgan fingerprint density at radius 1 is 0.688 bits per heavy atom.